The molecule has 2 atom stereocenters. The first-order valence-electron chi connectivity index (χ1n) is 17.2. The van der Waals surface area contributed by atoms with Crippen molar-refractivity contribution in [1.29, 1.82) is 0 Å². The Morgan fingerprint density at radius 3 is 1.33 bits per heavy atom. The lowest BCUT2D eigenvalue weighted by molar-refractivity contribution is -0.00612. The van der Waals surface area contributed by atoms with Gasteiger partial charge in [0.05, 0.1) is 19.3 Å². The van der Waals surface area contributed by atoms with Gasteiger partial charge in [0.15, 0.2) is 0 Å². The van der Waals surface area contributed by atoms with Crippen molar-refractivity contribution < 1.29 is 18.6 Å². The monoisotopic (exact) mass is 591 g/mol. The van der Waals surface area contributed by atoms with E-state index in [0.29, 0.717) is 19.0 Å². The van der Waals surface area contributed by atoms with Crippen molar-refractivity contribution in [2.45, 2.75) is 181 Å². The van der Waals surface area contributed by atoms with Gasteiger partial charge >= 0.3 is 0 Å². The largest absolute Gasteiger partial charge is 0.379 e. The fourth-order valence-electron chi connectivity index (χ4n) is 4.88. The molecule has 235 valence electrons. The zero-order valence-electron chi connectivity index (χ0n) is 26.6. The van der Waals surface area contributed by atoms with E-state index in [0.717, 1.165) is 26.1 Å². The molecule has 0 aliphatic rings. The maximum atomic E-state index is 11.9. The molecule has 0 spiro atoms. The first-order chi connectivity index (χ1) is 19.2. The molecule has 1 radical (unpaired) electrons. The minimum absolute atomic E-state index is 0.000518. The standard InChI is InChI=1S/C33H68O4PS/c1-4-7-9-11-13-15-17-19-21-23-25-27-29-35-31-33(32-39-38(34)37-6-3)36-30-28-26-24-22-20-18-16-14-12-10-8-5-2/h33H,4-32H2,1-3H3. The summed E-state index contributed by atoms with van der Waals surface area (Å²) in [5.74, 6) is 0.673. The molecule has 0 bridgehead atoms. The molecular weight excluding hydrogens is 523 g/mol. The molecule has 0 saturated heterocycles. The van der Waals surface area contributed by atoms with E-state index >= 15 is 0 Å². The molecule has 0 N–H and O–H groups in total. The lowest BCUT2D eigenvalue weighted by Gasteiger charge is -2.17. The van der Waals surface area contributed by atoms with Crippen LogP contribution in [0.5, 0.6) is 0 Å². The van der Waals surface area contributed by atoms with E-state index in [9.17, 15) is 4.57 Å². The van der Waals surface area contributed by atoms with Crippen molar-refractivity contribution in [3.63, 3.8) is 0 Å². The van der Waals surface area contributed by atoms with Crippen molar-refractivity contribution in [3.05, 3.63) is 0 Å². The summed E-state index contributed by atoms with van der Waals surface area (Å²) in [6.07, 6.45) is 32.5. The maximum absolute atomic E-state index is 11.9. The van der Waals surface area contributed by atoms with E-state index in [4.69, 9.17) is 14.0 Å². The van der Waals surface area contributed by atoms with Gasteiger partial charge in [0.2, 0.25) is 0 Å². The fourth-order valence-corrected chi connectivity index (χ4v) is 7.05. The summed E-state index contributed by atoms with van der Waals surface area (Å²) in [5.41, 5.74) is 0. The van der Waals surface area contributed by atoms with E-state index < -0.39 is 7.23 Å². The van der Waals surface area contributed by atoms with Gasteiger partial charge in [-0.3, -0.25) is 4.52 Å². The Balaban J connectivity index is 3.75. The molecule has 0 fully saturated rings. The van der Waals surface area contributed by atoms with Crippen molar-refractivity contribution >= 4 is 18.6 Å². The third-order valence-corrected chi connectivity index (χ3v) is 9.99. The second kappa shape index (κ2) is 34.5. The molecule has 0 rings (SSSR count). The summed E-state index contributed by atoms with van der Waals surface area (Å²) in [6, 6.07) is 0. The summed E-state index contributed by atoms with van der Waals surface area (Å²) in [4.78, 5) is 0. The van der Waals surface area contributed by atoms with Crippen LogP contribution < -0.4 is 0 Å². The van der Waals surface area contributed by atoms with E-state index in [1.165, 1.54) is 153 Å². The van der Waals surface area contributed by atoms with Crippen LogP contribution in [0, 0.1) is 0 Å². The summed E-state index contributed by atoms with van der Waals surface area (Å²) in [6.45, 7) is 9.11. The number of hydrogen-bond donors (Lipinski definition) is 0. The van der Waals surface area contributed by atoms with Gasteiger partial charge < -0.3 is 9.47 Å². The second-order valence-corrected chi connectivity index (χ2v) is 14.2. The van der Waals surface area contributed by atoms with Gasteiger partial charge in [-0.15, -0.1) is 0 Å². The van der Waals surface area contributed by atoms with Crippen LogP contribution in [0.4, 0.5) is 0 Å². The predicted molar refractivity (Wildman–Crippen MR) is 174 cm³/mol. The zero-order chi connectivity index (χ0) is 28.5. The molecule has 6 heteroatoms. The Kier molecular flexibility index (Phi) is 34.8. The fraction of sp³-hybridized carbons (Fsp3) is 1.00. The Bertz CT molecular complexity index is 481. The second-order valence-electron chi connectivity index (χ2n) is 11.3. The van der Waals surface area contributed by atoms with Crippen molar-refractivity contribution in [3.8, 4) is 0 Å². The number of unbranched alkanes of at least 4 members (excludes halogenated alkanes) is 22. The summed E-state index contributed by atoms with van der Waals surface area (Å²) in [7, 11) is -1.66. The Morgan fingerprint density at radius 1 is 0.538 bits per heavy atom. The molecule has 0 amide bonds. The van der Waals surface area contributed by atoms with Crippen molar-refractivity contribution in [2.24, 2.45) is 0 Å². The maximum Gasteiger partial charge on any atom is 0.277 e. The Hall–Kier alpha value is 0.330. The number of rotatable bonds is 34. The normalized spacial score (nSPS) is 12.7. The van der Waals surface area contributed by atoms with Crippen LogP contribution in [0.2, 0.25) is 0 Å². The minimum Gasteiger partial charge on any atom is -0.379 e. The third kappa shape index (κ3) is 32.7. The van der Waals surface area contributed by atoms with Crippen LogP contribution in [0.15, 0.2) is 0 Å². The molecule has 39 heavy (non-hydrogen) atoms. The predicted octanol–water partition coefficient (Wildman–Crippen LogP) is 12.2. The summed E-state index contributed by atoms with van der Waals surface area (Å²) in [5, 5.41) is 0. The van der Waals surface area contributed by atoms with Gasteiger partial charge in [0, 0.05) is 19.0 Å². The van der Waals surface area contributed by atoms with Crippen LogP contribution in [-0.2, 0) is 18.6 Å². The van der Waals surface area contributed by atoms with Gasteiger partial charge in [-0.05, 0) is 31.1 Å². The van der Waals surface area contributed by atoms with Crippen LogP contribution in [0.1, 0.15) is 175 Å². The molecule has 0 aromatic rings. The van der Waals surface area contributed by atoms with E-state index in [1.807, 2.05) is 6.92 Å². The first kappa shape index (κ1) is 39.3. The van der Waals surface area contributed by atoms with E-state index in [-0.39, 0.29) is 6.10 Å². The van der Waals surface area contributed by atoms with Gasteiger partial charge in [0.25, 0.3) is 7.23 Å². The molecule has 0 heterocycles. The lowest BCUT2D eigenvalue weighted by atomic mass is 10.1. The van der Waals surface area contributed by atoms with Crippen molar-refractivity contribution in [2.75, 3.05) is 32.2 Å². The molecular formula is C33H68O4PS. The highest BCUT2D eigenvalue weighted by Crippen LogP contribution is 2.39. The summed E-state index contributed by atoms with van der Waals surface area (Å²) < 4.78 is 29.3. The Labute approximate surface area is 249 Å². The molecule has 0 aliphatic carbocycles. The minimum atomic E-state index is -1.66. The Morgan fingerprint density at radius 2 is 0.923 bits per heavy atom. The topological polar surface area (TPSA) is 44.8 Å². The molecule has 0 saturated carbocycles. The van der Waals surface area contributed by atoms with Crippen LogP contribution in [-0.4, -0.2) is 38.3 Å². The van der Waals surface area contributed by atoms with Gasteiger partial charge in [-0.1, -0.05) is 155 Å². The van der Waals surface area contributed by atoms with E-state index in [2.05, 4.69) is 13.8 Å². The average molecular weight is 592 g/mol. The van der Waals surface area contributed by atoms with Crippen molar-refractivity contribution in [1.82, 2.24) is 0 Å². The summed E-state index contributed by atoms with van der Waals surface area (Å²) >= 11 is 1.36. The van der Waals surface area contributed by atoms with Crippen LogP contribution >= 0.6 is 18.6 Å². The van der Waals surface area contributed by atoms with Crippen LogP contribution in [0.25, 0.3) is 0 Å². The van der Waals surface area contributed by atoms with Gasteiger partial charge in [-0.25, -0.2) is 4.57 Å². The third-order valence-electron chi connectivity index (χ3n) is 7.40. The molecule has 0 aromatic carbocycles. The highest BCUT2D eigenvalue weighted by Gasteiger charge is 2.13. The molecule has 2 unspecified atom stereocenters. The highest BCUT2D eigenvalue weighted by atomic mass is 32.7. The zero-order valence-corrected chi connectivity index (χ0v) is 28.3. The smallest absolute Gasteiger partial charge is 0.277 e. The number of hydrogen-bond acceptors (Lipinski definition) is 5. The molecule has 4 nitrogen and oxygen atoms in total. The first-order valence-corrected chi connectivity index (χ1v) is 19.9. The average Bonchev–Trinajstić information content (AvgIpc) is 2.94. The lowest BCUT2D eigenvalue weighted by Crippen LogP contribution is -2.23. The molecule has 0 aromatic heterocycles. The number of ether oxygens (including phenoxy) is 2. The SMILES string of the molecule is CCCCCCCCCCCCCCOCC(CS[P](=O)OCC)OCCCCCCCCCCCCCC. The van der Waals surface area contributed by atoms with E-state index in [1.54, 1.807) is 0 Å². The molecule has 0 aliphatic heterocycles. The highest BCUT2D eigenvalue weighted by molar-refractivity contribution is 8.50. The van der Waals surface area contributed by atoms with Gasteiger partial charge in [0.1, 0.15) is 0 Å². The quantitative estimate of drug-likeness (QED) is 0.0550. The van der Waals surface area contributed by atoms with Crippen LogP contribution in [0.3, 0.4) is 0 Å². The van der Waals surface area contributed by atoms with Gasteiger partial charge in [-0.2, -0.15) is 0 Å².